The Morgan fingerprint density at radius 2 is 1.95 bits per heavy atom. The first-order valence-electron chi connectivity index (χ1n) is 6.47. The van der Waals surface area contributed by atoms with Crippen molar-refractivity contribution in [3.8, 4) is 0 Å². The lowest BCUT2D eigenvalue weighted by Gasteiger charge is -2.21. The maximum Gasteiger partial charge on any atom is 0.299 e. The number of nitrogen functional groups attached to an aromatic ring is 1. The van der Waals surface area contributed by atoms with E-state index in [4.69, 9.17) is 5.73 Å². The summed E-state index contributed by atoms with van der Waals surface area (Å²) in [4.78, 5) is 0.995. The molecular weight excluding hydrogens is 294 g/mol. The molecule has 0 saturated heterocycles. The molecular formula is C13H23N3O2S2. The number of thioether (sulfide) groups is 1. The van der Waals surface area contributed by atoms with Gasteiger partial charge in [-0.1, -0.05) is 6.92 Å². The van der Waals surface area contributed by atoms with Crippen molar-refractivity contribution < 1.29 is 8.42 Å². The van der Waals surface area contributed by atoms with E-state index < -0.39 is 15.7 Å². The molecule has 4 N–H and O–H groups in total. The third-order valence-corrected chi connectivity index (χ3v) is 4.75. The SMILES string of the molecule is CCCSc1ccc(N)c(NS(=O)(=O)NC(C)(C)C)c1. The molecule has 0 spiro atoms. The van der Waals surface area contributed by atoms with Gasteiger partial charge >= 0.3 is 0 Å². The van der Waals surface area contributed by atoms with E-state index >= 15 is 0 Å². The molecule has 0 radical (unpaired) electrons. The lowest BCUT2D eigenvalue weighted by atomic mass is 10.1. The number of benzene rings is 1. The van der Waals surface area contributed by atoms with Crippen molar-refractivity contribution in [2.45, 2.75) is 44.6 Å². The molecule has 0 heterocycles. The summed E-state index contributed by atoms with van der Waals surface area (Å²) >= 11 is 1.67. The van der Waals surface area contributed by atoms with Gasteiger partial charge in [-0.15, -0.1) is 11.8 Å². The van der Waals surface area contributed by atoms with Gasteiger partial charge in [0, 0.05) is 10.4 Å². The van der Waals surface area contributed by atoms with E-state index in [2.05, 4.69) is 16.4 Å². The van der Waals surface area contributed by atoms with Gasteiger partial charge in [0.1, 0.15) is 0 Å². The molecule has 1 rings (SSSR count). The highest BCUT2D eigenvalue weighted by molar-refractivity contribution is 7.99. The van der Waals surface area contributed by atoms with Gasteiger partial charge in [0.25, 0.3) is 10.2 Å². The highest BCUT2D eigenvalue weighted by atomic mass is 32.2. The topological polar surface area (TPSA) is 84.2 Å². The van der Waals surface area contributed by atoms with Crippen LogP contribution in [0.5, 0.6) is 0 Å². The Morgan fingerprint density at radius 1 is 1.30 bits per heavy atom. The van der Waals surface area contributed by atoms with Crippen molar-refractivity contribution in [2.24, 2.45) is 0 Å². The molecule has 0 saturated carbocycles. The summed E-state index contributed by atoms with van der Waals surface area (Å²) in [6, 6.07) is 5.37. The van der Waals surface area contributed by atoms with E-state index in [1.807, 2.05) is 6.07 Å². The van der Waals surface area contributed by atoms with E-state index in [1.165, 1.54) is 0 Å². The first-order chi connectivity index (χ1) is 9.13. The Labute approximate surface area is 125 Å². The Balaban J connectivity index is 2.91. The molecule has 0 aliphatic heterocycles. The molecule has 0 aromatic heterocycles. The van der Waals surface area contributed by atoms with Crippen LogP contribution in [-0.2, 0) is 10.2 Å². The van der Waals surface area contributed by atoms with Crippen molar-refractivity contribution in [2.75, 3.05) is 16.2 Å². The van der Waals surface area contributed by atoms with Gasteiger partial charge < -0.3 is 5.73 Å². The minimum absolute atomic E-state index is 0.405. The third kappa shape index (κ3) is 6.02. The average Bonchev–Trinajstić information content (AvgIpc) is 2.26. The first kappa shape index (κ1) is 17.1. The predicted octanol–water partition coefficient (Wildman–Crippen LogP) is 2.82. The number of rotatable bonds is 6. The zero-order chi connectivity index (χ0) is 15.4. The summed E-state index contributed by atoms with van der Waals surface area (Å²) in [5.74, 6) is 0.982. The predicted molar refractivity (Wildman–Crippen MR) is 87.3 cm³/mol. The molecule has 20 heavy (non-hydrogen) atoms. The van der Waals surface area contributed by atoms with E-state index in [9.17, 15) is 8.42 Å². The smallest absolute Gasteiger partial charge is 0.299 e. The van der Waals surface area contributed by atoms with Gasteiger partial charge in [-0.3, -0.25) is 4.72 Å². The fourth-order valence-electron chi connectivity index (χ4n) is 1.51. The van der Waals surface area contributed by atoms with Gasteiger partial charge in [0.05, 0.1) is 11.4 Å². The largest absolute Gasteiger partial charge is 0.397 e. The minimum atomic E-state index is -3.64. The molecule has 0 unspecified atom stereocenters. The zero-order valence-corrected chi connectivity index (χ0v) is 14.0. The van der Waals surface area contributed by atoms with E-state index in [0.717, 1.165) is 17.1 Å². The van der Waals surface area contributed by atoms with Crippen LogP contribution in [-0.4, -0.2) is 19.7 Å². The van der Waals surface area contributed by atoms with Gasteiger partial charge in [-0.25, -0.2) is 0 Å². The Morgan fingerprint density at radius 3 is 2.50 bits per heavy atom. The second kappa shape index (κ2) is 6.69. The number of hydrogen-bond acceptors (Lipinski definition) is 4. The molecule has 5 nitrogen and oxygen atoms in total. The maximum absolute atomic E-state index is 12.0. The average molecular weight is 317 g/mol. The standard InChI is InChI=1S/C13H23N3O2S2/c1-5-8-19-10-6-7-11(14)12(9-10)15-20(17,18)16-13(2,3)4/h6-7,9,15-16H,5,8,14H2,1-4H3. The van der Waals surface area contributed by atoms with Crippen LogP contribution in [0.3, 0.4) is 0 Å². The van der Waals surface area contributed by atoms with Crippen molar-refractivity contribution >= 4 is 33.3 Å². The summed E-state index contributed by atoms with van der Waals surface area (Å²) < 4.78 is 29.0. The van der Waals surface area contributed by atoms with Crippen LogP contribution >= 0.6 is 11.8 Å². The summed E-state index contributed by atoms with van der Waals surface area (Å²) in [6.45, 7) is 7.44. The molecule has 0 aliphatic carbocycles. The summed E-state index contributed by atoms with van der Waals surface area (Å²) in [6.07, 6.45) is 1.06. The Kier molecular flexibility index (Phi) is 5.73. The minimum Gasteiger partial charge on any atom is -0.397 e. The summed E-state index contributed by atoms with van der Waals surface area (Å²) in [7, 11) is -3.64. The molecule has 1 aromatic carbocycles. The second-order valence-corrected chi connectivity index (χ2v) is 8.14. The lowest BCUT2D eigenvalue weighted by Crippen LogP contribution is -2.43. The normalized spacial score (nSPS) is 12.4. The van der Waals surface area contributed by atoms with Gasteiger partial charge in [0.15, 0.2) is 0 Å². The molecule has 114 valence electrons. The van der Waals surface area contributed by atoms with Crippen LogP contribution < -0.4 is 15.2 Å². The molecule has 0 bridgehead atoms. The lowest BCUT2D eigenvalue weighted by molar-refractivity contribution is 0.494. The van der Waals surface area contributed by atoms with Crippen molar-refractivity contribution in [3.63, 3.8) is 0 Å². The summed E-state index contributed by atoms with van der Waals surface area (Å²) in [5.41, 5.74) is 6.09. The zero-order valence-electron chi connectivity index (χ0n) is 12.4. The van der Waals surface area contributed by atoms with Gasteiger partial charge in [-0.05, 0) is 51.1 Å². The Bertz CT molecular complexity index is 551. The van der Waals surface area contributed by atoms with Crippen LogP contribution in [0, 0.1) is 0 Å². The van der Waals surface area contributed by atoms with E-state index in [-0.39, 0.29) is 0 Å². The van der Waals surface area contributed by atoms with Crippen LogP contribution in [0.25, 0.3) is 0 Å². The van der Waals surface area contributed by atoms with Crippen molar-refractivity contribution in [1.82, 2.24) is 4.72 Å². The van der Waals surface area contributed by atoms with Gasteiger partial charge in [-0.2, -0.15) is 13.1 Å². The molecule has 7 heteroatoms. The maximum atomic E-state index is 12.0. The second-order valence-electron chi connectivity index (χ2n) is 5.56. The van der Waals surface area contributed by atoms with Crippen LogP contribution in [0.15, 0.2) is 23.1 Å². The van der Waals surface area contributed by atoms with Crippen LogP contribution in [0.1, 0.15) is 34.1 Å². The molecule has 0 amide bonds. The van der Waals surface area contributed by atoms with E-state index in [0.29, 0.717) is 11.4 Å². The fourth-order valence-corrected chi connectivity index (χ4v) is 3.64. The van der Waals surface area contributed by atoms with E-state index in [1.54, 1.807) is 44.7 Å². The number of nitrogens with two attached hydrogens (primary N) is 1. The molecule has 0 atom stereocenters. The number of nitrogens with one attached hydrogen (secondary N) is 2. The monoisotopic (exact) mass is 317 g/mol. The van der Waals surface area contributed by atoms with Crippen LogP contribution in [0.2, 0.25) is 0 Å². The Hall–Kier alpha value is -0.920. The molecule has 0 fully saturated rings. The number of anilines is 2. The first-order valence-corrected chi connectivity index (χ1v) is 8.94. The molecule has 1 aromatic rings. The highest BCUT2D eigenvalue weighted by Crippen LogP contribution is 2.27. The highest BCUT2D eigenvalue weighted by Gasteiger charge is 2.20. The number of hydrogen-bond donors (Lipinski definition) is 3. The quantitative estimate of drug-likeness (QED) is 0.556. The van der Waals surface area contributed by atoms with Crippen molar-refractivity contribution in [3.05, 3.63) is 18.2 Å². The van der Waals surface area contributed by atoms with Crippen molar-refractivity contribution in [1.29, 1.82) is 0 Å². The van der Waals surface area contributed by atoms with Gasteiger partial charge in [0.2, 0.25) is 0 Å². The molecule has 0 aliphatic rings. The van der Waals surface area contributed by atoms with Crippen LogP contribution in [0.4, 0.5) is 11.4 Å². The summed E-state index contributed by atoms with van der Waals surface area (Å²) in [5, 5.41) is 0. The third-order valence-electron chi connectivity index (χ3n) is 2.18. The fraction of sp³-hybridized carbons (Fsp3) is 0.538.